The standard InChI is InChI=1S/C11H18F3N3O3/c1-10(15,11(12,13)14)9(20)17-6-4-16(5-7-17)3-2-8(18)19/h2-7,15H2,1H3,(H,18,19). The Hall–Kier alpha value is -1.35. The number of nitrogens with two attached hydrogens (primary N) is 1. The fourth-order valence-electron chi connectivity index (χ4n) is 1.88. The molecule has 1 heterocycles. The number of carboxylic acids is 1. The lowest BCUT2D eigenvalue weighted by Gasteiger charge is -2.38. The Labute approximate surface area is 114 Å². The molecule has 116 valence electrons. The van der Waals surface area contributed by atoms with Gasteiger partial charge < -0.3 is 15.7 Å². The quantitative estimate of drug-likeness (QED) is 0.756. The summed E-state index contributed by atoms with van der Waals surface area (Å²) in [4.78, 5) is 25.1. The zero-order valence-electron chi connectivity index (χ0n) is 11.1. The van der Waals surface area contributed by atoms with Crippen molar-refractivity contribution in [2.24, 2.45) is 5.73 Å². The molecule has 1 atom stereocenters. The van der Waals surface area contributed by atoms with Gasteiger partial charge in [0.2, 0.25) is 0 Å². The van der Waals surface area contributed by atoms with Crippen LogP contribution in [0.2, 0.25) is 0 Å². The normalized spacial score (nSPS) is 20.6. The van der Waals surface area contributed by atoms with Crippen molar-refractivity contribution in [3.63, 3.8) is 0 Å². The zero-order valence-corrected chi connectivity index (χ0v) is 11.1. The first-order valence-corrected chi connectivity index (χ1v) is 6.15. The van der Waals surface area contributed by atoms with E-state index in [0.29, 0.717) is 26.6 Å². The second-order valence-corrected chi connectivity index (χ2v) is 4.98. The molecule has 1 rings (SSSR count). The fraction of sp³-hybridized carbons (Fsp3) is 0.818. The third-order valence-electron chi connectivity index (χ3n) is 3.33. The van der Waals surface area contributed by atoms with Crippen LogP contribution in [0.1, 0.15) is 13.3 Å². The molecule has 1 saturated heterocycles. The number of alkyl halides is 3. The Kier molecular flexibility index (Phi) is 4.98. The van der Waals surface area contributed by atoms with E-state index in [1.54, 1.807) is 4.90 Å². The van der Waals surface area contributed by atoms with E-state index in [1.807, 2.05) is 0 Å². The highest BCUT2D eigenvalue weighted by Gasteiger charge is 2.55. The minimum Gasteiger partial charge on any atom is -0.481 e. The smallest absolute Gasteiger partial charge is 0.415 e. The monoisotopic (exact) mass is 297 g/mol. The first kappa shape index (κ1) is 16.7. The SMILES string of the molecule is CC(N)(C(=O)N1CCN(CCC(=O)O)CC1)C(F)(F)F. The Morgan fingerprint density at radius 1 is 1.20 bits per heavy atom. The molecule has 1 aliphatic rings. The topological polar surface area (TPSA) is 86.9 Å². The van der Waals surface area contributed by atoms with Crippen molar-refractivity contribution in [3.8, 4) is 0 Å². The van der Waals surface area contributed by atoms with Crippen LogP contribution in [0.25, 0.3) is 0 Å². The molecular formula is C11H18F3N3O3. The summed E-state index contributed by atoms with van der Waals surface area (Å²) in [7, 11) is 0. The van der Waals surface area contributed by atoms with Gasteiger partial charge in [0.25, 0.3) is 5.91 Å². The van der Waals surface area contributed by atoms with E-state index < -0.39 is 23.6 Å². The number of rotatable bonds is 4. The van der Waals surface area contributed by atoms with Gasteiger partial charge in [-0.15, -0.1) is 0 Å². The summed E-state index contributed by atoms with van der Waals surface area (Å²) in [5, 5.41) is 8.55. The van der Waals surface area contributed by atoms with Gasteiger partial charge in [0.15, 0.2) is 5.54 Å². The molecule has 0 saturated carbocycles. The van der Waals surface area contributed by atoms with Gasteiger partial charge in [0.05, 0.1) is 6.42 Å². The van der Waals surface area contributed by atoms with E-state index in [-0.39, 0.29) is 19.5 Å². The van der Waals surface area contributed by atoms with Gasteiger partial charge >= 0.3 is 12.1 Å². The lowest BCUT2D eigenvalue weighted by molar-refractivity contribution is -0.194. The Balaban J connectivity index is 2.53. The third-order valence-corrected chi connectivity index (χ3v) is 3.33. The van der Waals surface area contributed by atoms with Gasteiger partial charge in [-0.2, -0.15) is 13.2 Å². The number of halogens is 3. The Morgan fingerprint density at radius 2 is 1.70 bits per heavy atom. The number of piperazine rings is 1. The van der Waals surface area contributed by atoms with Gasteiger partial charge in [-0.05, 0) is 6.92 Å². The van der Waals surface area contributed by atoms with Crippen molar-refractivity contribution in [1.29, 1.82) is 0 Å². The average molecular weight is 297 g/mol. The molecule has 1 unspecified atom stereocenters. The summed E-state index contributed by atoms with van der Waals surface area (Å²) in [6, 6.07) is 0. The average Bonchev–Trinajstić information content (AvgIpc) is 2.34. The molecule has 0 bridgehead atoms. The predicted octanol–water partition coefficient (Wildman–Crippen LogP) is -0.115. The van der Waals surface area contributed by atoms with Crippen LogP contribution >= 0.6 is 0 Å². The molecule has 0 spiro atoms. The summed E-state index contributed by atoms with van der Waals surface area (Å²) in [6.45, 7) is 1.88. The number of aliphatic carboxylic acids is 1. The van der Waals surface area contributed by atoms with E-state index in [9.17, 15) is 22.8 Å². The fourth-order valence-corrected chi connectivity index (χ4v) is 1.88. The molecule has 0 aromatic carbocycles. The van der Waals surface area contributed by atoms with Crippen LogP contribution in [0.5, 0.6) is 0 Å². The predicted molar refractivity (Wildman–Crippen MR) is 63.9 cm³/mol. The van der Waals surface area contributed by atoms with Crippen LogP contribution in [-0.4, -0.2) is 71.2 Å². The van der Waals surface area contributed by atoms with E-state index >= 15 is 0 Å². The molecule has 3 N–H and O–H groups in total. The lowest BCUT2D eigenvalue weighted by atomic mass is 10.0. The first-order chi connectivity index (χ1) is 9.05. The number of carbonyl (C=O) groups is 2. The van der Waals surface area contributed by atoms with E-state index in [1.165, 1.54) is 0 Å². The minimum absolute atomic E-state index is 0.0366. The number of carboxylic acid groups (broad SMARTS) is 1. The summed E-state index contributed by atoms with van der Waals surface area (Å²) < 4.78 is 38.0. The van der Waals surface area contributed by atoms with Gasteiger partial charge in [-0.25, -0.2) is 0 Å². The number of amides is 1. The summed E-state index contributed by atoms with van der Waals surface area (Å²) in [5.41, 5.74) is 2.20. The van der Waals surface area contributed by atoms with Crippen molar-refractivity contribution in [1.82, 2.24) is 9.80 Å². The van der Waals surface area contributed by atoms with Gasteiger partial charge in [0, 0.05) is 32.7 Å². The third kappa shape index (κ3) is 3.83. The van der Waals surface area contributed by atoms with E-state index in [2.05, 4.69) is 0 Å². The minimum atomic E-state index is -4.80. The molecule has 0 radical (unpaired) electrons. The molecule has 0 aromatic rings. The molecule has 0 aromatic heterocycles. The highest BCUT2D eigenvalue weighted by atomic mass is 19.4. The number of nitrogens with zero attached hydrogens (tertiary/aromatic N) is 2. The molecule has 0 aliphatic carbocycles. The molecule has 1 fully saturated rings. The number of hydrogen-bond acceptors (Lipinski definition) is 4. The van der Waals surface area contributed by atoms with Crippen LogP contribution in [0.3, 0.4) is 0 Å². The van der Waals surface area contributed by atoms with Crippen LogP contribution < -0.4 is 5.73 Å². The van der Waals surface area contributed by atoms with Crippen molar-refractivity contribution < 1.29 is 27.9 Å². The molecule has 6 nitrogen and oxygen atoms in total. The summed E-state index contributed by atoms with van der Waals surface area (Å²) in [5.74, 6) is -2.09. The maximum atomic E-state index is 12.7. The van der Waals surface area contributed by atoms with E-state index in [4.69, 9.17) is 10.8 Å². The van der Waals surface area contributed by atoms with E-state index in [0.717, 1.165) is 4.90 Å². The number of hydrogen-bond donors (Lipinski definition) is 2. The molecule has 9 heteroatoms. The van der Waals surface area contributed by atoms with Crippen LogP contribution in [-0.2, 0) is 9.59 Å². The van der Waals surface area contributed by atoms with Gasteiger partial charge in [-0.1, -0.05) is 0 Å². The largest absolute Gasteiger partial charge is 0.481 e. The molecule has 1 amide bonds. The maximum Gasteiger partial charge on any atom is 0.415 e. The van der Waals surface area contributed by atoms with Crippen LogP contribution in [0.15, 0.2) is 0 Å². The maximum absolute atomic E-state index is 12.7. The highest BCUT2D eigenvalue weighted by molar-refractivity contribution is 5.86. The van der Waals surface area contributed by atoms with Crippen molar-refractivity contribution in [2.45, 2.75) is 25.1 Å². The second kappa shape index (κ2) is 5.96. The van der Waals surface area contributed by atoms with Gasteiger partial charge in [-0.3, -0.25) is 14.5 Å². The Bertz CT molecular complexity index is 377. The molecular weight excluding hydrogens is 279 g/mol. The van der Waals surface area contributed by atoms with Gasteiger partial charge in [0.1, 0.15) is 0 Å². The second-order valence-electron chi connectivity index (χ2n) is 4.98. The first-order valence-electron chi connectivity index (χ1n) is 6.15. The number of carbonyl (C=O) groups excluding carboxylic acids is 1. The lowest BCUT2D eigenvalue weighted by Crippen LogP contribution is -2.64. The summed E-state index contributed by atoms with van der Waals surface area (Å²) >= 11 is 0. The van der Waals surface area contributed by atoms with Crippen LogP contribution in [0, 0.1) is 0 Å². The van der Waals surface area contributed by atoms with Crippen molar-refractivity contribution in [2.75, 3.05) is 32.7 Å². The van der Waals surface area contributed by atoms with Crippen molar-refractivity contribution >= 4 is 11.9 Å². The molecule has 20 heavy (non-hydrogen) atoms. The highest BCUT2D eigenvalue weighted by Crippen LogP contribution is 2.29. The van der Waals surface area contributed by atoms with Crippen molar-refractivity contribution in [3.05, 3.63) is 0 Å². The Morgan fingerprint density at radius 3 is 2.10 bits per heavy atom. The summed E-state index contributed by atoms with van der Waals surface area (Å²) in [6.07, 6.45) is -4.84. The molecule has 1 aliphatic heterocycles. The zero-order chi connectivity index (χ0) is 15.6. The van der Waals surface area contributed by atoms with Crippen LogP contribution in [0.4, 0.5) is 13.2 Å².